The summed E-state index contributed by atoms with van der Waals surface area (Å²) in [7, 11) is 0. The standard InChI is InChI=1S/C21H26N6O.C2HF3O2/c1-2-27-20-17(14-25-27)19(26-15-8-4-3-5-9-15)18(13-23-20)21(28)24-12-16-10-6-7-11-22-16;3-2(4,5)1(6)7/h6-7,10-11,13-15H,2-5,8-9,12H2,1H3,(H,23,26)(H,24,28);(H,6,7). The molecule has 0 spiro atoms. The predicted octanol–water partition coefficient (Wildman–Crippen LogP) is 4.15. The highest BCUT2D eigenvalue weighted by atomic mass is 19.4. The van der Waals surface area contributed by atoms with Crippen LogP contribution in [0.2, 0.25) is 0 Å². The fourth-order valence-electron chi connectivity index (χ4n) is 3.81. The summed E-state index contributed by atoms with van der Waals surface area (Å²) in [5.41, 5.74) is 3.03. The summed E-state index contributed by atoms with van der Waals surface area (Å²) in [6.45, 7) is 3.16. The van der Waals surface area contributed by atoms with Crippen molar-refractivity contribution in [2.75, 3.05) is 5.32 Å². The zero-order valence-electron chi connectivity index (χ0n) is 19.2. The molecule has 0 atom stereocenters. The van der Waals surface area contributed by atoms with Crippen LogP contribution in [-0.4, -0.2) is 48.9 Å². The molecule has 0 aliphatic heterocycles. The number of rotatable bonds is 6. The normalized spacial score (nSPS) is 14.2. The van der Waals surface area contributed by atoms with Crippen molar-refractivity contribution in [3.05, 3.63) is 48.0 Å². The van der Waals surface area contributed by atoms with Crippen molar-refractivity contribution >= 4 is 28.6 Å². The Kier molecular flexibility index (Phi) is 8.61. The number of halogens is 3. The molecule has 1 aliphatic carbocycles. The average molecular weight is 493 g/mol. The number of carboxylic acid groups (broad SMARTS) is 1. The van der Waals surface area contributed by atoms with Gasteiger partial charge < -0.3 is 15.7 Å². The first-order valence-corrected chi connectivity index (χ1v) is 11.3. The second-order valence-electron chi connectivity index (χ2n) is 8.03. The van der Waals surface area contributed by atoms with E-state index >= 15 is 0 Å². The summed E-state index contributed by atoms with van der Waals surface area (Å²) in [4.78, 5) is 30.6. The summed E-state index contributed by atoms with van der Waals surface area (Å²) in [6, 6.07) is 6.05. The zero-order valence-corrected chi connectivity index (χ0v) is 19.2. The maximum Gasteiger partial charge on any atom is 0.490 e. The van der Waals surface area contributed by atoms with Crippen molar-refractivity contribution < 1.29 is 27.9 Å². The van der Waals surface area contributed by atoms with E-state index in [2.05, 4.69) is 25.7 Å². The van der Waals surface area contributed by atoms with Gasteiger partial charge in [0.15, 0.2) is 5.65 Å². The van der Waals surface area contributed by atoms with Gasteiger partial charge in [-0.1, -0.05) is 25.3 Å². The largest absolute Gasteiger partial charge is 0.490 e. The minimum atomic E-state index is -5.08. The van der Waals surface area contributed by atoms with Crippen molar-refractivity contribution in [1.82, 2.24) is 25.1 Å². The Labute approximate surface area is 199 Å². The molecule has 188 valence electrons. The molecule has 3 aromatic rings. The zero-order chi connectivity index (χ0) is 25.4. The number of hydrogen-bond donors (Lipinski definition) is 3. The highest BCUT2D eigenvalue weighted by molar-refractivity contribution is 6.06. The van der Waals surface area contributed by atoms with Gasteiger partial charge in [-0.2, -0.15) is 18.3 Å². The summed E-state index contributed by atoms with van der Waals surface area (Å²) in [5.74, 6) is -2.91. The molecule has 0 radical (unpaired) electrons. The maximum absolute atomic E-state index is 13.0. The van der Waals surface area contributed by atoms with Gasteiger partial charge in [0.05, 0.1) is 35.1 Å². The number of nitrogens with zero attached hydrogens (tertiary/aromatic N) is 4. The van der Waals surface area contributed by atoms with E-state index in [0.29, 0.717) is 18.2 Å². The van der Waals surface area contributed by atoms with E-state index < -0.39 is 12.1 Å². The quantitative estimate of drug-likeness (QED) is 0.472. The monoisotopic (exact) mass is 492 g/mol. The van der Waals surface area contributed by atoms with Crippen LogP contribution in [0.5, 0.6) is 0 Å². The van der Waals surface area contributed by atoms with Crippen molar-refractivity contribution in [3.8, 4) is 0 Å². The van der Waals surface area contributed by atoms with Gasteiger partial charge in [0.2, 0.25) is 0 Å². The molecule has 0 saturated heterocycles. The number of carbonyl (C=O) groups excluding carboxylic acids is 1. The smallest absolute Gasteiger partial charge is 0.475 e. The van der Waals surface area contributed by atoms with Gasteiger partial charge in [-0.3, -0.25) is 9.78 Å². The molecule has 0 aromatic carbocycles. The number of aryl methyl sites for hydroxylation is 1. The van der Waals surface area contributed by atoms with E-state index in [4.69, 9.17) is 9.90 Å². The number of pyridine rings is 2. The fourth-order valence-corrected chi connectivity index (χ4v) is 3.81. The lowest BCUT2D eigenvalue weighted by atomic mass is 9.95. The lowest BCUT2D eigenvalue weighted by molar-refractivity contribution is -0.192. The topological polar surface area (TPSA) is 122 Å². The van der Waals surface area contributed by atoms with Gasteiger partial charge in [-0.05, 0) is 31.9 Å². The molecule has 1 aliphatic rings. The Morgan fingerprint density at radius 1 is 1.14 bits per heavy atom. The number of aromatic nitrogens is 4. The van der Waals surface area contributed by atoms with Gasteiger partial charge in [0, 0.05) is 25.0 Å². The number of aliphatic carboxylic acids is 1. The Morgan fingerprint density at radius 2 is 1.86 bits per heavy atom. The molecule has 1 amide bonds. The van der Waals surface area contributed by atoms with E-state index in [0.717, 1.165) is 41.8 Å². The third-order valence-corrected chi connectivity index (χ3v) is 5.56. The molecule has 3 aromatic heterocycles. The van der Waals surface area contributed by atoms with Crippen LogP contribution in [0.25, 0.3) is 11.0 Å². The van der Waals surface area contributed by atoms with Crippen molar-refractivity contribution in [3.63, 3.8) is 0 Å². The Morgan fingerprint density at radius 3 is 2.46 bits per heavy atom. The minimum Gasteiger partial charge on any atom is -0.475 e. The molecule has 3 N–H and O–H groups in total. The van der Waals surface area contributed by atoms with E-state index in [9.17, 15) is 18.0 Å². The average Bonchev–Trinajstić information content (AvgIpc) is 3.27. The Balaban J connectivity index is 0.000000429. The van der Waals surface area contributed by atoms with Gasteiger partial charge in [-0.15, -0.1) is 0 Å². The van der Waals surface area contributed by atoms with Crippen LogP contribution in [0.4, 0.5) is 18.9 Å². The van der Waals surface area contributed by atoms with Crippen LogP contribution in [0, 0.1) is 0 Å². The molecule has 35 heavy (non-hydrogen) atoms. The van der Waals surface area contributed by atoms with E-state index in [1.54, 1.807) is 12.4 Å². The number of hydrogen-bond acceptors (Lipinski definition) is 6. The van der Waals surface area contributed by atoms with E-state index in [1.165, 1.54) is 19.3 Å². The Hall–Kier alpha value is -3.70. The van der Waals surface area contributed by atoms with E-state index in [-0.39, 0.29) is 5.91 Å². The van der Waals surface area contributed by atoms with Gasteiger partial charge in [0.25, 0.3) is 5.91 Å². The molecule has 0 bridgehead atoms. The molecule has 0 unspecified atom stereocenters. The molecular weight excluding hydrogens is 465 g/mol. The highest BCUT2D eigenvalue weighted by Crippen LogP contribution is 2.30. The Bertz CT molecular complexity index is 1140. The predicted molar refractivity (Wildman–Crippen MR) is 123 cm³/mol. The van der Waals surface area contributed by atoms with Gasteiger partial charge >= 0.3 is 12.1 Å². The van der Waals surface area contributed by atoms with Crippen LogP contribution in [-0.2, 0) is 17.9 Å². The molecule has 1 fully saturated rings. The summed E-state index contributed by atoms with van der Waals surface area (Å²) >= 11 is 0. The maximum atomic E-state index is 13.0. The number of carboxylic acids is 1. The first-order valence-electron chi connectivity index (χ1n) is 11.3. The molecule has 4 rings (SSSR count). The van der Waals surface area contributed by atoms with Gasteiger partial charge in [0.1, 0.15) is 0 Å². The SMILES string of the molecule is CCn1ncc2c(NC3CCCCC3)c(C(=O)NCc3ccccn3)cnc21.O=C(O)C(F)(F)F. The molecule has 1 saturated carbocycles. The lowest BCUT2D eigenvalue weighted by Crippen LogP contribution is -2.27. The third kappa shape index (κ3) is 6.90. The molecule has 12 heteroatoms. The number of anilines is 1. The minimum absolute atomic E-state index is 0.150. The van der Waals surface area contributed by atoms with Crippen molar-refractivity contribution in [2.45, 2.75) is 64.3 Å². The van der Waals surface area contributed by atoms with Crippen LogP contribution >= 0.6 is 0 Å². The second-order valence-corrected chi connectivity index (χ2v) is 8.03. The van der Waals surface area contributed by atoms with Crippen LogP contribution in [0.3, 0.4) is 0 Å². The highest BCUT2D eigenvalue weighted by Gasteiger charge is 2.38. The molecular formula is C23H27F3N6O3. The first-order chi connectivity index (χ1) is 16.7. The first kappa shape index (κ1) is 25.9. The second kappa shape index (κ2) is 11.6. The summed E-state index contributed by atoms with van der Waals surface area (Å²) in [5, 5.41) is 19.1. The number of carbonyl (C=O) groups is 2. The molecule has 9 nitrogen and oxygen atoms in total. The number of alkyl halides is 3. The lowest BCUT2D eigenvalue weighted by Gasteiger charge is -2.25. The van der Waals surface area contributed by atoms with Crippen LogP contribution in [0.1, 0.15) is 55.1 Å². The number of fused-ring (bicyclic) bond motifs is 1. The number of amides is 1. The van der Waals surface area contributed by atoms with E-state index in [1.807, 2.05) is 36.0 Å². The fraction of sp³-hybridized carbons (Fsp3) is 0.435. The van der Waals surface area contributed by atoms with Gasteiger partial charge in [-0.25, -0.2) is 14.5 Å². The number of nitrogens with one attached hydrogen (secondary N) is 2. The van der Waals surface area contributed by atoms with Crippen molar-refractivity contribution in [1.29, 1.82) is 0 Å². The third-order valence-electron chi connectivity index (χ3n) is 5.56. The summed E-state index contributed by atoms with van der Waals surface area (Å²) in [6.07, 6.45) is 6.10. The van der Waals surface area contributed by atoms with Crippen LogP contribution in [0.15, 0.2) is 36.8 Å². The molecule has 3 heterocycles. The summed E-state index contributed by atoms with van der Waals surface area (Å²) < 4.78 is 33.6. The van der Waals surface area contributed by atoms with Crippen LogP contribution < -0.4 is 10.6 Å². The van der Waals surface area contributed by atoms with Crippen molar-refractivity contribution in [2.24, 2.45) is 0 Å².